The predicted molar refractivity (Wildman–Crippen MR) is 145 cm³/mol. The summed E-state index contributed by atoms with van der Waals surface area (Å²) >= 11 is 0. The zero-order valence-electron chi connectivity index (χ0n) is 20.8. The van der Waals surface area contributed by atoms with Crippen molar-refractivity contribution in [1.82, 2.24) is 4.90 Å². The summed E-state index contributed by atoms with van der Waals surface area (Å²) in [6, 6.07) is 30.4. The van der Waals surface area contributed by atoms with Gasteiger partial charge in [-0.2, -0.15) is 0 Å². The third-order valence-electron chi connectivity index (χ3n) is 6.85. The molecule has 0 bridgehead atoms. The molecule has 5 rings (SSSR count). The monoisotopic (exact) mass is 479 g/mol. The van der Waals surface area contributed by atoms with Gasteiger partial charge < -0.3 is 14.6 Å². The Bertz CT molecular complexity index is 1280. The summed E-state index contributed by atoms with van der Waals surface area (Å²) < 4.78 is 11.9. The normalized spacial score (nSPS) is 13.6. The van der Waals surface area contributed by atoms with Crippen LogP contribution >= 0.6 is 0 Å². The maximum Gasteiger partial charge on any atom is 0.123 e. The summed E-state index contributed by atoms with van der Waals surface area (Å²) in [5.41, 5.74) is 6.92. The molecule has 0 aromatic heterocycles. The lowest BCUT2D eigenvalue weighted by Gasteiger charge is -2.18. The van der Waals surface area contributed by atoms with Gasteiger partial charge in [0.25, 0.3) is 0 Å². The Hall–Kier alpha value is -3.76. The van der Waals surface area contributed by atoms with Gasteiger partial charge in [-0.1, -0.05) is 60.7 Å². The van der Waals surface area contributed by atoms with E-state index in [-0.39, 0.29) is 5.75 Å². The summed E-state index contributed by atoms with van der Waals surface area (Å²) in [6.07, 6.45) is 3.34. The van der Waals surface area contributed by atoms with Crippen LogP contribution in [-0.2, 0) is 19.6 Å². The van der Waals surface area contributed by atoms with Crippen LogP contribution in [0.3, 0.4) is 0 Å². The van der Waals surface area contributed by atoms with Crippen molar-refractivity contribution >= 4 is 0 Å². The molecule has 1 aliphatic rings. The first-order chi connectivity index (χ1) is 17.7. The number of hydrogen-bond donors (Lipinski definition) is 1. The molecule has 0 atom stereocenters. The molecule has 0 unspecified atom stereocenters. The maximum atomic E-state index is 9.82. The fourth-order valence-corrected chi connectivity index (χ4v) is 4.88. The Morgan fingerprint density at radius 2 is 1.53 bits per heavy atom. The molecule has 1 saturated heterocycles. The second-order valence-corrected chi connectivity index (χ2v) is 9.45. The Labute approximate surface area is 213 Å². The quantitative estimate of drug-likeness (QED) is 0.286. The van der Waals surface area contributed by atoms with Gasteiger partial charge in [-0.15, -0.1) is 0 Å². The molecule has 0 saturated carbocycles. The van der Waals surface area contributed by atoms with Crippen LogP contribution in [0.2, 0.25) is 0 Å². The number of ether oxygens (including phenoxy) is 2. The van der Waals surface area contributed by atoms with Gasteiger partial charge in [0.1, 0.15) is 23.9 Å². The van der Waals surface area contributed by atoms with E-state index in [2.05, 4.69) is 47.4 Å². The number of phenols is 1. The van der Waals surface area contributed by atoms with Gasteiger partial charge in [-0.05, 0) is 90.5 Å². The number of methoxy groups -OCH3 is 1. The number of aromatic hydroxyl groups is 1. The molecular formula is C32H33NO3. The number of hydrogen-bond acceptors (Lipinski definition) is 4. The third-order valence-corrected chi connectivity index (χ3v) is 6.85. The van der Waals surface area contributed by atoms with Crippen LogP contribution in [0.25, 0.3) is 11.1 Å². The molecule has 36 heavy (non-hydrogen) atoms. The molecule has 4 aromatic carbocycles. The molecule has 4 heteroatoms. The average Bonchev–Trinajstić information content (AvgIpc) is 3.43. The first kappa shape index (κ1) is 24.0. The molecule has 0 aliphatic carbocycles. The van der Waals surface area contributed by atoms with Crippen LogP contribution < -0.4 is 9.47 Å². The molecular weight excluding hydrogens is 446 g/mol. The van der Waals surface area contributed by atoms with E-state index in [0.717, 1.165) is 41.2 Å². The minimum absolute atomic E-state index is 0.259. The number of likely N-dealkylation sites (tertiary alicyclic amines) is 1. The lowest BCUT2D eigenvalue weighted by atomic mass is 9.94. The zero-order valence-corrected chi connectivity index (χ0v) is 20.8. The van der Waals surface area contributed by atoms with Crippen LogP contribution in [0.4, 0.5) is 0 Å². The number of phenolic OH excluding ortho intramolecular Hbond substituents is 1. The first-order valence-corrected chi connectivity index (χ1v) is 12.6. The van der Waals surface area contributed by atoms with Crippen molar-refractivity contribution in [2.45, 2.75) is 32.4 Å². The van der Waals surface area contributed by atoms with Crippen LogP contribution in [0.5, 0.6) is 17.2 Å². The number of benzene rings is 4. The van der Waals surface area contributed by atoms with Gasteiger partial charge in [0.2, 0.25) is 0 Å². The van der Waals surface area contributed by atoms with E-state index in [0.29, 0.717) is 6.61 Å². The van der Waals surface area contributed by atoms with Crippen LogP contribution in [0, 0.1) is 0 Å². The van der Waals surface area contributed by atoms with Gasteiger partial charge in [0, 0.05) is 12.1 Å². The highest BCUT2D eigenvalue weighted by Gasteiger charge is 2.15. The predicted octanol–water partition coefficient (Wildman–Crippen LogP) is 6.83. The summed E-state index contributed by atoms with van der Waals surface area (Å²) in [5, 5.41) is 9.82. The van der Waals surface area contributed by atoms with E-state index in [1.807, 2.05) is 36.4 Å². The molecule has 1 aliphatic heterocycles. The van der Waals surface area contributed by atoms with Crippen molar-refractivity contribution in [1.29, 1.82) is 0 Å². The summed E-state index contributed by atoms with van der Waals surface area (Å²) in [6.45, 7) is 3.79. The topological polar surface area (TPSA) is 41.9 Å². The minimum Gasteiger partial charge on any atom is -0.508 e. The van der Waals surface area contributed by atoms with Crippen LogP contribution in [-0.4, -0.2) is 30.2 Å². The van der Waals surface area contributed by atoms with Gasteiger partial charge in [-0.25, -0.2) is 0 Å². The Balaban J connectivity index is 1.40. The lowest BCUT2D eigenvalue weighted by Crippen LogP contribution is -2.18. The minimum atomic E-state index is 0.259. The van der Waals surface area contributed by atoms with Crippen molar-refractivity contribution in [3.63, 3.8) is 0 Å². The fourth-order valence-electron chi connectivity index (χ4n) is 4.88. The molecule has 1 heterocycles. The van der Waals surface area contributed by atoms with E-state index in [1.165, 1.54) is 42.6 Å². The Morgan fingerprint density at radius 1 is 0.778 bits per heavy atom. The smallest absolute Gasteiger partial charge is 0.123 e. The maximum absolute atomic E-state index is 9.82. The molecule has 1 fully saturated rings. The average molecular weight is 480 g/mol. The molecule has 1 N–H and O–H groups in total. The van der Waals surface area contributed by atoms with Crippen LogP contribution in [0.15, 0.2) is 91.0 Å². The van der Waals surface area contributed by atoms with E-state index in [1.54, 1.807) is 19.2 Å². The zero-order chi connectivity index (χ0) is 24.7. The highest BCUT2D eigenvalue weighted by atomic mass is 16.5. The first-order valence-electron chi connectivity index (χ1n) is 12.6. The standard InChI is InChI=1S/C32H33NO3/c1-35-32-20-25(9-10-28(32)22-33-17-5-6-18-33)19-27-13-16-30(36-23-24-7-3-2-4-8-24)21-31(27)26-11-14-29(34)15-12-26/h2-4,7-16,20-21,34H,5-6,17-19,22-23H2,1H3. The van der Waals surface area contributed by atoms with Crippen LogP contribution in [0.1, 0.15) is 35.1 Å². The fraction of sp³-hybridized carbons (Fsp3) is 0.250. The highest BCUT2D eigenvalue weighted by Crippen LogP contribution is 2.32. The molecule has 4 nitrogen and oxygen atoms in total. The van der Waals surface area contributed by atoms with E-state index >= 15 is 0 Å². The lowest BCUT2D eigenvalue weighted by molar-refractivity contribution is 0.306. The molecule has 4 aromatic rings. The van der Waals surface area contributed by atoms with Gasteiger partial charge in [0.15, 0.2) is 0 Å². The third kappa shape index (κ3) is 5.89. The van der Waals surface area contributed by atoms with Gasteiger partial charge in [-0.3, -0.25) is 4.90 Å². The largest absolute Gasteiger partial charge is 0.508 e. The summed E-state index contributed by atoms with van der Waals surface area (Å²) in [5.74, 6) is 2.03. The van der Waals surface area contributed by atoms with E-state index in [9.17, 15) is 5.11 Å². The summed E-state index contributed by atoms with van der Waals surface area (Å²) in [7, 11) is 1.76. The number of rotatable bonds is 9. The van der Waals surface area contributed by atoms with Gasteiger partial charge in [0.05, 0.1) is 7.11 Å². The second-order valence-electron chi connectivity index (χ2n) is 9.45. The highest BCUT2D eigenvalue weighted by molar-refractivity contribution is 5.70. The Kier molecular flexibility index (Phi) is 7.53. The SMILES string of the molecule is COc1cc(Cc2ccc(OCc3ccccc3)cc2-c2ccc(O)cc2)ccc1CN1CCCC1. The number of nitrogens with zero attached hydrogens (tertiary/aromatic N) is 1. The molecule has 0 spiro atoms. The van der Waals surface area contributed by atoms with Gasteiger partial charge >= 0.3 is 0 Å². The molecule has 184 valence electrons. The molecule has 0 radical (unpaired) electrons. The molecule has 0 amide bonds. The second kappa shape index (κ2) is 11.3. The summed E-state index contributed by atoms with van der Waals surface area (Å²) in [4.78, 5) is 2.49. The van der Waals surface area contributed by atoms with Crippen molar-refractivity contribution < 1.29 is 14.6 Å². The Morgan fingerprint density at radius 3 is 2.28 bits per heavy atom. The van der Waals surface area contributed by atoms with E-state index < -0.39 is 0 Å². The van der Waals surface area contributed by atoms with Crippen molar-refractivity contribution in [2.24, 2.45) is 0 Å². The van der Waals surface area contributed by atoms with Crippen molar-refractivity contribution in [3.8, 4) is 28.4 Å². The van der Waals surface area contributed by atoms with Crippen molar-refractivity contribution in [3.05, 3.63) is 113 Å². The van der Waals surface area contributed by atoms with Crippen molar-refractivity contribution in [2.75, 3.05) is 20.2 Å². The van der Waals surface area contributed by atoms with E-state index in [4.69, 9.17) is 9.47 Å².